The van der Waals surface area contributed by atoms with Crippen molar-refractivity contribution in [3.05, 3.63) is 48.5 Å². The number of nitrogens with one attached hydrogen (secondary N) is 4. The molecule has 0 spiro atoms. The van der Waals surface area contributed by atoms with E-state index < -0.39 is 12.1 Å². The van der Waals surface area contributed by atoms with E-state index in [4.69, 9.17) is 33.9 Å². The van der Waals surface area contributed by atoms with Crippen molar-refractivity contribution < 1.29 is 19.1 Å². The number of ether oxygens (including phenoxy) is 2. The Morgan fingerprint density at radius 3 is 1.79 bits per heavy atom. The van der Waals surface area contributed by atoms with Gasteiger partial charge in [0.25, 0.3) is 0 Å². The molecule has 0 aromatic heterocycles. The second-order valence-corrected chi connectivity index (χ2v) is 10.3. The van der Waals surface area contributed by atoms with Crippen LogP contribution >= 0.6 is 24.4 Å². The highest BCUT2D eigenvalue weighted by molar-refractivity contribution is 7.80. The van der Waals surface area contributed by atoms with Crippen LogP contribution in [0.15, 0.2) is 48.5 Å². The fraction of sp³-hybridized carbons (Fsp3) is 0.357. The fourth-order valence-electron chi connectivity index (χ4n) is 3.82. The molecule has 0 aliphatic carbocycles. The quantitative estimate of drug-likeness (QED) is 0.168. The van der Waals surface area contributed by atoms with Gasteiger partial charge in [0.15, 0.2) is 10.2 Å². The molecule has 3 aromatic carbocycles. The molecule has 0 saturated carbocycles. The minimum atomic E-state index is -0.622. The number of benzene rings is 3. The van der Waals surface area contributed by atoms with Crippen molar-refractivity contribution in [2.75, 3.05) is 10.6 Å². The van der Waals surface area contributed by atoms with Crippen LogP contribution in [0, 0.1) is 0 Å². The summed E-state index contributed by atoms with van der Waals surface area (Å²) in [7, 11) is 0. The van der Waals surface area contributed by atoms with Crippen LogP contribution in [-0.2, 0) is 19.1 Å². The Kier molecular flexibility index (Phi) is 9.82. The van der Waals surface area contributed by atoms with E-state index in [2.05, 4.69) is 27.3 Å². The summed E-state index contributed by atoms with van der Waals surface area (Å²) in [5, 5.41) is 16.8. The number of fused-ring (bicyclic) bond motifs is 2. The predicted octanol–water partition coefficient (Wildman–Crippen LogP) is 5.25. The molecule has 0 aliphatic rings. The van der Waals surface area contributed by atoms with E-state index in [0.717, 1.165) is 32.9 Å². The summed E-state index contributed by atoms with van der Waals surface area (Å²) < 4.78 is 10.5. The van der Waals surface area contributed by atoms with Crippen molar-refractivity contribution in [3.8, 4) is 0 Å². The number of carbonyl (C=O) groups is 2. The lowest BCUT2D eigenvalue weighted by atomic mass is 9.99. The molecule has 0 amide bonds. The van der Waals surface area contributed by atoms with Crippen molar-refractivity contribution in [2.45, 2.75) is 65.8 Å². The molecule has 0 fully saturated rings. The largest absolute Gasteiger partial charge is 0.461 e. The summed E-state index contributed by atoms with van der Waals surface area (Å²) in [6.45, 7) is 10.6. The third kappa shape index (κ3) is 7.52. The average Bonchev–Trinajstić information content (AvgIpc) is 2.83. The Labute approximate surface area is 233 Å². The zero-order valence-corrected chi connectivity index (χ0v) is 24.0. The highest BCUT2D eigenvalue weighted by Gasteiger charge is 2.19. The van der Waals surface area contributed by atoms with Crippen molar-refractivity contribution in [1.29, 1.82) is 0 Å². The molecule has 202 valence electrons. The first-order valence-electron chi connectivity index (χ1n) is 12.5. The Morgan fingerprint density at radius 2 is 1.21 bits per heavy atom. The van der Waals surface area contributed by atoms with Crippen LogP contribution in [0.1, 0.15) is 41.5 Å². The number of thiocarbonyl (C=S) groups is 2. The van der Waals surface area contributed by atoms with Gasteiger partial charge in [-0.2, -0.15) is 0 Å². The molecule has 0 heterocycles. The van der Waals surface area contributed by atoms with Crippen LogP contribution in [0.4, 0.5) is 11.4 Å². The number of hydrogen-bond acceptors (Lipinski definition) is 6. The summed E-state index contributed by atoms with van der Waals surface area (Å²) in [6, 6.07) is 14.6. The summed E-state index contributed by atoms with van der Waals surface area (Å²) in [6.07, 6.45) is -0.430. The Bertz CT molecular complexity index is 1360. The van der Waals surface area contributed by atoms with Crippen molar-refractivity contribution in [3.63, 3.8) is 0 Å². The van der Waals surface area contributed by atoms with Crippen LogP contribution < -0.4 is 21.3 Å². The van der Waals surface area contributed by atoms with E-state index in [1.807, 2.05) is 42.5 Å². The summed E-state index contributed by atoms with van der Waals surface area (Å²) >= 11 is 11.0. The van der Waals surface area contributed by atoms with Gasteiger partial charge in [0.05, 0.1) is 17.9 Å². The van der Waals surface area contributed by atoms with Gasteiger partial charge in [-0.15, -0.1) is 0 Å². The molecule has 2 atom stereocenters. The van der Waals surface area contributed by atoms with Gasteiger partial charge in [-0.1, -0.05) is 36.4 Å². The van der Waals surface area contributed by atoms with Crippen LogP contribution in [0.2, 0.25) is 0 Å². The standard InChI is InChI=1S/C28H34N4O4S2/c1-15(2)35-25(33)17(5)29-27(37)31-23-13-9-12-21-22(23)14-19-10-7-8-11-20(19)24(21)32-28(38)30-18(6)26(34)36-16(3)4/h7-18H,1-6H3,(H2,29,31,37)(H2,30,32,38). The third-order valence-electron chi connectivity index (χ3n) is 5.50. The van der Waals surface area contributed by atoms with Gasteiger partial charge >= 0.3 is 11.9 Å². The van der Waals surface area contributed by atoms with Crippen LogP contribution in [-0.4, -0.2) is 46.5 Å². The number of rotatable bonds is 8. The van der Waals surface area contributed by atoms with Gasteiger partial charge in [0.1, 0.15) is 12.1 Å². The van der Waals surface area contributed by atoms with Crippen molar-refractivity contribution >= 4 is 79.5 Å². The number of anilines is 2. The maximum absolute atomic E-state index is 12.3. The zero-order chi connectivity index (χ0) is 28.0. The predicted molar refractivity (Wildman–Crippen MR) is 162 cm³/mol. The van der Waals surface area contributed by atoms with Gasteiger partial charge in [0.2, 0.25) is 0 Å². The van der Waals surface area contributed by atoms with Gasteiger partial charge in [-0.25, -0.2) is 9.59 Å². The van der Waals surface area contributed by atoms with Crippen molar-refractivity contribution in [2.24, 2.45) is 0 Å². The van der Waals surface area contributed by atoms with E-state index >= 15 is 0 Å². The maximum Gasteiger partial charge on any atom is 0.328 e. The normalized spacial score (nSPS) is 12.6. The highest BCUT2D eigenvalue weighted by Crippen LogP contribution is 2.36. The third-order valence-corrected chi connectivity index (χ3v) is 5.94. The molecular weight excluding hydrogens is 520 g/mol. The van der Waals surface area contributed by atoms with E-state index in [1.165, 1.54) is 0 Å². The second kappa shape index (κ2) is 12.8. The van der Waals surface area contributed by atoms with Crippen LogP contribution in [0.5, 0.6) is 0 Å². The molecule has 3 aromatic rings. The van der Waals surface area contributed by atoms with E-state index in [9.17, 15) is 9.59 Å². The topological polar surface area (TPSA) is 101 Å². The molecule has 8 nitrogen and oxygen atoms in total. The van der Waals surface area contributed by atoms with Crippen molar-refractivity contribution in [1.82, 2.24) is 10.6 Å². The zero-order valence-electron chi connectivity index (χ0n) is 22.4. The minimum Gasteiger partial charge on any atom is -0.461 e. The van der Waals surface area contributed by atoms with Crippen LogP contribution in [0.25, 0.3) is 21.5 Å². The fourth-order valence-corrected chi connectivity index (χ4v) is 4.39. The summed E-state index contributed by atoms with van der Waals surface area (Å²) in [5.74, 6) is -0.766. The molecular formula is C28H34N4O4S2. The second-order valence-electron chi connectivity index (χ2n) is 9.48. The lowest BCUT2D eigenvalue weighted by Crippen LogP contribution is -2.42. The first-order chi connectivity index (χ1) is 18.0. The van der Waals surface area contributed by atoms with E-state index in [1.54, 1.807) is 41.5 Å². The molecule has 0 bridgehead atoms. The Hall–Kier alpha value is -3.50. The molecule has 38 heavy (non-hydrogen) atoms. The Morgan fingerprint density at radius 1 is 0.684 bits per heavy atom. The van der Waals surface area contributed by atoms with Gasteiger partial charge in [-0.3, -0.25) is 0 Å². The van der Waals surface area contributed by atoms with E-state index in [-0.39, 0.29) is 24.1 Å². The van der Waals surface area contributed by atoms with Gasteiger partial charge in [0, 0.05) is 21.8 Å². The summed E-state index contributed by atoms with van der Waals surface area (Å²) in [5.41, 5.74) is 1.54. The Balaban J connectivity index is 1.90. The monoisotopic (exact) mass is 554 g/mol. The van der Waals surface area contributed by atoms with Gasteiger partial charge in [-0.05, 0) is 83.5 Å². The first-order valence-corrected chi connectivity index (χ1v) is 13.3. The lowest BCUT2D eigenvalue weighted by molar-refractivity contribution is -0.149. The first kappa shape index (κ1) is 29.1. The van der Waals surface area contributed by atoms with Crippen LogP contribution in [0.3, 0.4) is 0 Å². The summed E-state index contributed by atoms with van der Waals surface area (Å²) in [4.78, 5) is 24.4. The van der Waals surface area contributed by atoms with E-state index in [0.29, 0.717) is 10.2 Å². The molecule has 3 rings (SSSR count). The number of carbonyl (C=O) groups excluding carboxylic acids is 2. The maximum atomic E-state index is 12.3. The minimum absolute atomic E-state index is 0.213. The molecule has 0 saturated heterocycles. The molecule has 4 N–H and O–H groups in total. The molecule has 0 aliphatic heterocycles. The number of hydrogen-bond donors (Lipinski definition) is 4. The van der Waals surface area contributed by atoms with Gasteiger partial charge < -0.3 is 30.7 Å². The average molecular weight is 555 g/mol. The smallest absolute Gasteiger partial charge is 0.328 e. The number of esters is 2. The molecule has 2 unspecified atom stereocenters. The lowest BCUT2D eigenvalue weighted by Gasteiger charge is -2.21. The molecule has 0 radical (unpaired) electrons. The molecule has 10 heteroatoms. The SMILES string of the molecule is CC(C)OC(=O)C(C)NC(=S)Nc1cccc2c(NC(=S)NC(C)C(=O)OC(C)C)c3ccccc3cc12. The highest BCUT2D eigenvalue weighted by atomic mass is 32.1.